The van der Waals surface area contributed by atoms with E-state index in [0.29, 0.717) is 22.6 Å². The third-order valence-electron chi connectivity index (χ3n) is 4.12. The molecule has 1 amide bonds. The van der Waals surface area contributed by atoms with Crippen LogP contribution < -0.4 is 10.1 Å². The molecule has 2 aromatic heterocycles. The van der Waals surface area contributed by atoms with Gasteiger partial charge < -0.3 is 14.5 Å². The average molecular weight is 407 g/mol. The fourth-order valence-electron chi connectivity index (χ4n) is 2.87. The summed E-state index contributed by atoms with van der Waals surface area (Å²) >= 11 is 0. The maximum absolute atomic E-state index is 12.8. The molecule has 0 fully saturated rings. The van der Waals surface area contributed by atoms with Gasteiger partial charge in [-0.3, -0.25) is 9.00 Å². The minimum atomic E-state index is -1.12. The monoisotopic (exact) mass is 407 g/mol. The Hall–Kier alpha value is -3.52. The lowest BCUT2D eigenvalue weighted by Gasteiger charge is -2.07. The van der Waals surface area contributed by atoms with Gasteiger partial charge in [-0.25, -0.2) is 9.97 Å². The van der Waals surface area contributed by atoms with Crippen LogP contribution in [0.1, 0.15) is 16.1 Å². The first kappa shape index (κ1) is 18.8. The molecule has 146 valence electrons. The fourth-order valence-corrected chi connectivity index (χ4v) is 3.56. The summed E-state index contributed by atoms with van der Waals surface area (Å²) in [6.45, 7) is 0. The molecule has 29 heavy (non-hydrogen) atoms. The van der Waals surface area contributed by atoms with Crippen LogP contribution >= 0.6 is 0 Å². The number of anilines is 1. The van der Waals surface area contributed by atoms with E-state index in [1.165, 1.54) is 0 Å². The molecule has 7 nitrogen and oxygen atoms in total. The van der Waals surface area contributed by atoms with Crippen molar-refractivity contribution < 1.29 is 18.2 Å². The predicted molar refractivity (Wildman–Crippen MR) is 110 cm³/mol. The molecular weight excluding hydrogens is 390 g/mol. The molecule has 0 aliphatic carbocycles. The van der Waals surface area contributed by atoms with Gasteiger partial charge in [-0.15, -0.1) is 0 Å². The van der Waals surface area contributed by atoms with Gasteiger partial charge in [-0.05, 0) is 36.4 Å². The Morgan fingerprint density at radius 1 is 1.07 bits per heavy atom. The molecule has 0 unspecified atom stereocenters. The normalized spacial score (nSPS) is 11.9. The topological polar surface area (TPSA) is 94.3 Å². The summed E-state index contributed by atoms with van der Waals surface area (Å²) in [6, 6.07) is 16.1. The summed E-state index contributed by atoms with van der Waals surface area (Å²) in [7, 11) is -1.12. The van der Waals surface area contributed by atoms with Crippen LogP contribution in [0, 0.1) is 0 Å². The number of carbonyl (C=O) groups excluding carboxylic acids is 1. The highest BCUT2D eigenvalue weighted by Crippen LogP contribution is 2.28. The second kappa shape index (κ2) is 8.24. The number of ether oxygens (including phenoxy) is 1. The summed E-state index contributed by atoms with van der Waals surface area (Å²) in [5.74, 6) is 0.546. The first-order valence-corrected chi connectivity index (χ1v) is 10.5. The van der Waals surface area contributed by atoms with Crippen molar-refractivity contribution in [3.05, 3.63) is 78.3 Å². The van der Waals surface area contributed by atoms with Crippen molar-refractivity contribution >= 4 is 33.4 Å². The number of aromatic nitrogens is 2. The third-order valence-corrected chi connectivity index (χ3v) is 4.81. The predicted octanol–water partition coefficient (Wildman–Crippen LogP) is 4.15. The molecule has 0 saturated heterocycles. The lowest BCUT2D eigenvalue weighted by Crippen LogP contribution is -2.13. The highest BCUT2D eigenvalue weighted by atomic mass is 32.2. The van der Waals surface area contributed by atoms with Crippen LogP contribution in [0.3, 0.4) is 0 Å². The second-order valence-electron chi connectivity index (χ2n) is 6.24. The Bertz CT molecular complexity index is 1170. The molecule has 1 N–H and O–H groups in total. The maximum atomic E-state index is 12.8. The number of amides is 1. The first-order chi connectivity index (χ1) is 14.1. The molecule has 4 aromatic rings. The lowest BCUT2D eigenvalue weighted by atomic mass is 10.1. The van der Waals surface area contributed by atoms with Gasteiger partial charge in [0.2, 0.25) is 0 Å². The Labute approximate surface area is 169 Å². The van der Waals surface area contributed by atoms with Gasteiger partial charge in [-0.2, -0.15) is 0 Å². The number of rotatable bonds is 6. The Morgan fingerprint density at radius 3 is 2.52 bits per heavy atom. The molecule has 8 heteroatoms. The third kappa shape index (κ3) is 4.33. The second-order valence-corrected chi connectivity index (χ2v) is 7.67. The van der Waals surface area contributed by atoms with E-state index in [1.807, 2.05) is 18.2 Å². The Morgan fingerprint density at radius 2 is 1.79 bits per heavy atom. The van der Waals surface area contributed by atoms with Crippen LogP contribution in [-0.4, -0.2) is 26.3 Å². The van der Waals surface area contributed by atoms with Crippen LogP contribution in [0.5, 0.6) is 11.8 Å². The highest BCUT2D eigenvalue weighted by molar-refractivity contribution is 7.83. The minimum Gasteiger partial charge on any atom is -0.451 e. The van der Waals surface area contributed by atoms with E-state index < -0.39 is 16.7 Å². The van der Waals surface area contributed by atoms with Gasteiger partial charge in [0.05, 0.1) is 5.75 Å². The van der Waals surface area contributed by atoms with Gasteiger partial charge in [0, 0.05) is 46.1 Å². The Balaban J connectivity index is 1.54. The first-order valence-electron chi connectivity index (χ1n) is 8.77. The molecule has 2 heterocycles. The molecule has 2 aromatic carbocycles. The van der Waals surface area contributed by atoms with Crippen LogP contribution in [0.4, 0.5) is 5.69 Å². The van der Waals surface area contributed by atoms with E-state index >= 15 is 0 Å². The molecule has 4 rings (SSSR count). The van der Waals surface area contributed by atoms with Gasteiger partial charge in [0.1, 0.15) is 11.3 Å². The summed E-state index contributed by atoms with van der Waals surface area (Å²) in [5, 5.41) is 3.60. The van der Waals surface area contributed by atoms with Crippen molar-refractivity contribution in [1.82, 2.24) is 9.97 Å². The molecule has 0 radical (unpaired) electrons. The number of nitrogens with one attached hydrogen (secondary N) is 1. The number of carbonyl (C=O) groups is 1. The summed E-state index contributed by atoms with van der Waals surface area (Å²) in [5.41, 5.74) is 1.80. The Kier molecular flexibility index (Phi) is 5.35. The van der Waals surface area contributed by atoms with Crippen molar-refractivity contribution in [2.24, 2.45) is 0 Å². The average Bonchev–Trinajstić information content (AvgIpc) is 3.08. The zero-order valence-electron chi connectivity index (χ0n) is 15.5. The zero-order valence-corrected chi connectivity index (χ0v) is 16.3. The number of fused-ring (bicyclic) bond motifs is 1. The lowest BCUT2D eigenvalue weighted by molar-refractivity contribution is 0.0998. The van der Waals surface area contributed by atoms with Gasteiger partial charge >= 0.3 is 6.01 Å². The number of benzene rings is 2. The van der Waals surface area contributed by atoms with Gasteiger partial charge in [-0.1, -0.05) is 18.2 Å². The summed E-state index contributed by atoms with van der Waals surface area (Å²) in [6.07, 6.45) is 4.77. The molecule has 0 aliphatic rings. The maximum Gasteiger partial charge on any atom is 0.321 e. The number of hydrogen-bond donors (Lipinski definition) is 1. The fraction of sp³-hybridized carbons (Fsp3) is 0.0952. The van der Waals surface area contributed by atoms with Crippen molar-refractivity contribution in [2.45, 2.75) is 5.75 Å². The quantitative estimate of drug-likeness (QED) is 0.516. The van der Waals surface area contributed by atoms with E-state index in [9.17, 15) is 9.00 Å². The van der Waals surface area contributed by atoms with E-state index in [4.69, 9.17) is 9.15 Å². The minimum absolute atomic E-state index is 0.166. The molecular formula is C21H17N3O4S. The van der Waals surface area contributed by atoms with E-state index in [0.717, 1.165) is 5.39 Å². The van der Waals surface area contributed by atoms with E-state index in [2.05, 4.69) is 15.3 Å². The number of para-hydroxylation sites is 1. The van der Waals surface area contributed by atoms with Crippen molar-refractivity contribution in [2.75, 3.05) is 11.6 Å². The van der Waals surface area contributed by atoms with Gasteiger partial charge in [0.15, 0.2) is 5.76 Å². The van der Waals surface area contributed by atoms with Crippen molar-refractivity contribution in [3.8, 4) is 11.8 Å². The molecule has 0 spiro atoms. The van der Waals surface area contributed by atoms with Crippen LogP contribution in [0.2, 0.25) is 0 Å². The number of nitrogens with zero attached hydrogens (tertiary/aromatic N) is 2. The van der Waals surface area contributed by atoms with Gasteiger partial charge in [0.25, 0.3) is 5.91 Å². The van der Waals surface area contributed by atoms with Crippen LogP contribution in [-0.2, 0) is 16.6 Å². The SMILES string of the molecule is C[S@](=O)Cc1c(C(=O)Nc2ccc(Oc3ncccn3)cc2)oc2ccccc12. The van der Waals surface area contributed by atoms with E-state index in [1.54, 1.807) is 55.0 Å². The summed E-state index contributed by atoms with van der Waals surface area (Å²) < 4.78 is 23.1. The number of hydrogen-bond acceptors (Lipinski definition) is 6. The smallest absolute Gasteiger partial charge is 0.321 e. The largest absolute Gasteiger partial charge is 0.451 e. The number of furan rings is 1. The molecule has 0 bridgehead atoms. The van der Waals surface area contributed by atoms with E-state index in [-0.39, 0.29) is 17.5 Å². The van der Waals surface area contributed by atoms with Crippen molar-refractivity contribution in [3.63, 3.8) is 0 Å². The highest BCUT2D eigenvalue weighted by Gasteiger charge is 2.21. The standard InChI is InChI=1S/C21H17N3O4S/c1-29(26)13-17-16-5-2-3-6-18(16)28-19(17)20(25)24-14-7-9-15(10-8-14)27-21-22-11-4-12-23-21/h2-12H,13H2,1H3,(H,24,25)/t29-/m0/s1. The molecule has 0 saturated carbocycles. The van der Waals surface area contributed by atoms with Crippen LogP contribution in [0.25, 0.3) is 11.0 Å². The van der Waals surface area contributed by atoms with Crippen LogP contribution in [0.15, 0.2) is 71.4 Å². The summed E-state index contributed by atoms with van der Waals surface area (Å²) in [4.78, 5) is 20.8. The molecule has 0 aliphatic heterocycles. The molecule has 1 atom stereocenters. The zero-order chi connectivity index (χ0) is 20.2. The van der Waals surface area contributed by atoms with Crippen molar-refractivity contribution in [1.29, 1.82) is 0 Å².